The van der Waals surface area contributed by atoms with Crippen LogP contribution in [0.3, 0.4) is 0 Å². The van der Waals surface area contributed by atoms with Gasteiger partial charge in [0.1, 0.15) is 5.82 Å². The normalized spacial score (nSPS) is 17.7. The van der Waals surface area contributed by atoms with E-state index in [1.54, 1.807) is 0 Å². The molecule has 1 aromatic carbocycles. The standard InChI is InChI=1S/C21H23FN4/c1-25-14-17(13-23-25)15-26-11-3-6-21(26)20-5-2-4-19(24-20)12-16-7-9-18(22)10-8-16/h2,4-5,7-10,13-14,21H,3,6,11-12,15H2,1H3. The zero-order valence-electron chi connectivity index (χ0n) is 15.0. The summed E-state index contributed by atoms with van der Waals surface area (Å²) in [5, 5.41) is 4.27. The zero-order valence-corrected chi connectivity index (χ0v) is 15.0. The second-order valence-corrected chi connectivity index (χ2v) is 7.01. The molecule has 134 valence electrons. The lowest BCUT2D eigenvalue weighted by Gasteiger charge is -2.23. The Balaban J connectivity index is 1.50. The van der Waals surface area contributed by atoms with E-state index >= 15 is 0 Å². The van der Waals surface area contributed by atoms with Crippen molar-refractivity contribution < 1.29 is 4.39 Å². The highest BCUT2D eigenvalue weighted by molar-refractivity contribution is 5.24. The monoisotopic (exact) mass is 350 g/mol. The highest BCUT2D eigenvalue weighted by atomic mass is 19.1. The van der Waals surface area contributed by atoms with E-state index in [9.17, 15) is 4.39 Å². The second-order valence-electron chi connectivity index (χ2n) is 7.01. The van der Waals surface area contributed by atoms with Crippen LogP contribution in [-0.4, -0.2) is 26.2 Å². The maximum atomic E-state index is 13.1. The molecule has 4 nitrogen and oxygen atoms in total. The van der Waals surface area contributed by atoms with Crippen LogP contribution in [0.2, 0.25) is 0 Å². The van der Waals surface area contributed by atoms with Crippen LogP contribution >= 0.6 is 0 Å². The van der Waals surface area contributed by atoms with Crippen molar-refractivity contribution >= 4 is 0 Å². The largest absolute Gasteiger partial charge is 0.290 e. The van der Waals surface area contributed by atoms with E-state index in [1.165, 1.54) is 24.1 Å². The molecule has 4 rings (SSSR count). The number of benzene rings is 1. The van der Waals surface area contributed by atoms with Crippen molar-refractivity contribution in [2.45, 2.75) is 31.8 Å². The number of aromatic nitrogens is 3. The zero-order chi connectivity index (χ0) is 17.9. The second kappa shape index (κ2) is 7.38. The van der Waals surface area contributed by atoms with Crippen LogP contribution in [0.4, 0.5) is 4.39 Å². The van der Waals surface area contributed by atoms with Gasteiger partial charge in [0.25, 0.3) is 0 Å². The quantitative estimate of drug-likeness (QED) is 0.700. The van der Waals surface area contributed by atoms with Crippen LogP contribution in [0.1, 0.15) is 41.4 Å². The summed E-state index contributed by atoms with van der Waals surface area (Å²) in [5.41, 5.74) is 4.48. The molecule has 0 amide bonds. The van der Waals surface area contributed by atoms with E-state index < -0.39 is 0 Å². The minimum absolute atomic E-state index is 0.201. The number of pyridine rings is 1. The van der Waals surface area contributed by atoms with Gasteiger partial charge >= 0.3 is 0 Å². The number of halogens is 1. The molecule has 5 heteroatoms. The number of hydrogen-bond donors (Lipinski definition) is 0. The third kappa shape index (κ3) is 3.83. The number of nitrogens with zero attached hydrogens (tertiary/aromatic N) is 4. The molecule has 0 saturated carbocycles. The molecule has 3 aromatic rings. The fraction of sp³-hybridized carbons (Fsp3) is 0.333. The molecule has 2 aromatic heterocycles. The van der Waals surface area contributed by atoms with Crippen LogP contribution < -0.4 is 0 Å². The van der Waals surface area contributed by atoms with Gasteiger partial charge in [0.05, 0.1) is 17.9 Å². The Morgan fingerprint density at radius 2 is 1.96 bits per heavy atom. The third-order valence-electron chi connectivity index (χ3n) is 4.98. The van der Waals surface area contributed by atoms with Crippen molar-refractivity contribution in [2.24, 2.45) is 7.05 Å². The van der Waals surface area contributed by atoms with E-state index in [0.29, 0.717) is 6.04 Å². The summed E-state index contributed by atoms with van der Waals surface area (Å²) < 4.78 is 14.9. The Kier molecular flexibility index (Phi) is 4.80. The van der Waals surface area contributed by atoms with E-state index in [0.717, 1.165) is 42.9 Å². The molecule has 0 bridgehead atoms. The van der Waals surface area contributed by atoms with Gasteiger partial charge in [-0.05, 0) is 49.2 Å². The molecule has 1 fully saturated rings. The number of rotatable bonds is 5. The fourth-order valence-corrected chi connectivity index (χ4v) is 3.73. The molecular weight excluding hydrogens is 327 g/mol. The van der Waals surface area contributed by atoms with Gasteiger partial charge in [0.2, 0.25) is 0 Å². The van der Waals surface area contributed by atoms with Gasteiger partial charge in [-0.15, -0.1) is 0 Å². The highest BCUT2D eigenvalue weighted by Gasteiger charge is 2.27. The van der Waals surface area contributed by atoms with E-state index in [4.69, 9.17) is 4.98 Å². The Labute approximate surface area is 153 Å². The first-order valence-corrected chi connectivity index (χ1v) is 9.09. The van der Waals surface area contributed by atoms with Crippen molar-refractivity contribution in [1.82, 2.24) is 19.7 Å². The summed E-state index contributed by atoms with van der Waals surface area (Å²) in [6, 6.07) is 13.3. The summed E-state index contributed by atoms with van der Waals surface area (Å²) >= 11 is 0. The smallest absolute Gasteiger partial charge is 0.123 e. The van der Waals surface area contributed by atoms with Crippen molar-refractivity contribution in [3.05, 3.63) is 83.2 Å². The molecule has 3 heterocycles. The summed E-state index contributed by atoms with van der Waals surface area (Å²) in [7, 11) is 1.95. The molecule has 0 aliphatic carbocycles. The Morgan fingerprint density at radius 1 is 1.12 bits per heavy atom. The molecule has 1 aliphatic rings. The van der Waals surface area contributed by atoms with Crippen molar-refractivity contribution in [2.75, 3.05) is 6.54 Å². The van der Waals surface area contributed by atoms with Gasteiger partial charge in [-0.25, -0.2) is 4.39 Å². The average Bonchev–Trinajstić information content (AvgIpc) is 3.26. The molecule has 26 heavy (non-hydrogen) atoms. The maximum absolute atomic E-state index is 13.1. The van der Waals surface area contributed by atoms with Crippen LogP contribution in [0.15, 0.2) is 54.9 Å². The summed E-state index contributed by atoms with van der Waals surface area (Å²) in [4.78, 5) is 7.40. The molecular formula is C21H23FN4. The third-order valence-corrected chi connectivity index (χ3v) is 4.98. The molecule has 0 N–H and O–H groups in total. The average molecular weight is 350 g/mol. The van der Waals surface area contributed by atoms with Crippen LogP contribution in [0.5, 0.6) is 0 Å². The summed E-state index contributed by atoms with van der Waals surface area (Å²) in [6.07, 6.45) is 7.06. The molecule has 1 atom stereocenters. The number of likely N-dealkylation sites (tertiary alicyclic amines) is 1. The van der Waals surface area contributed by atoms with E-state index in [2.05, 4.69) is 28.3 Å². The molecule has 0 radical (unpaired) electrons. The highest BCUT2D eigenvalue weighted by Crippen LogP contribution is 2.32. The van der Waals surface area contributed by atoms with Gasteiger partial charge in [-0.2, -0.15) is 5.10 Å². The predicted molar refractivity (Wildman–Crippen MR) is 99.0 cm³/mol. The van der Waals surface area contributed by atoms with Crippen LogP contribution in [-0.2, 0) is 20.0 Å². The van der Waals surface area contributed by atoms with Gasteiger partial charge < -0.3 is 0 Å². The van der Waals surface area contributed by atoms with Crippen molar-refractivity contribution in [3.63, 3.8) is 0 Å². The number of hydrogen-bond acceptors (Lipinski definition) is 3. The van der Waals surface area contributed by atoms with Crippen molar-refractivity contribution in [3.8, 4) is 0 Å². The topological polar surface area (TPSA) is 34.0 Å². The Morgan fingerprint density at radius 3 is 2.73 bits per heavy atom. The molecule has 1 unspecified atom stereocenters. The predicted octanol–water partition coefficient (Wildman–Crippen LogP) is 3.88. The first kappa shape index (κ1) is 16.9. The van der Waals surface area contributed by atoms with Crippen molar-refractivity contribution in [1.29, 1.82) is 0 Å². The maximum Gasteiger partial charge on any atom is 0.123 e. The Bertz CT molecular complexity index is 872. The Hall–Kier alpha value is -2.53. The van der Waals surface area contributed by atoms with Gasteiger partial charge in [-0.3, -0.25) is 14.6 Å². The SMILES string of the molecule is Cn1cc(CN2CCCC2c2cccc(Cc3ccc(F)cc3)n2)cn1. The fourth-order valence-electron chi connectivity index (χ4n) is 3.73. The van der Waals surface area contributed by atoms with E-state index in [-0.39, 0.29) is 5.82 Å². The lowest BCUT2D eigenvalue weighted by molar-refractivity contribution is 0.244. The minimum Gasteiger partial charge on any atom is -0.290 e. The molecule has 1 aliphatic heterocycles. The van der Waals surface area contributed by atoms with E-state index in [1.807, 2.05) is 36.1 Å². The summed E-state index contributed by atoms with van der Waals surface area (Å²) in [6.45, 7) is 1.99. The lowest BCUT2D eigenvalue weighted by Crippen LogP contribution is -2.23. The van der Waals surface area contributed by atoms with Crippen LogP contribution in [0, 0.1) is 5.82 Å². The molecule has 0 spiro atoms. The van der Waals surface area contributed by atoms with Gasteiger partial charge in [-0.1, -0.05) is 18.2 Å². The molecule has 1 saturated heterocycles. The lowest BCUT2D eigenvalue weighted by atomic mass is 10.1. The number of aryl methyl sites for hydroxylation is 1. The summed E-state index contributed by atoms with van der Waals surface area (Å²) in [5.74, 6) is -0.201. The van der Waals surface area contributed by atoms with Gasteiger partial charge in [0.15, 0.2) is 0 Å². The van der Waals surface area contributed by atoms with Gasteiger partial charge in [0, 0.05) is 37.5 Å². The first-order valence-electron chi connectivity index (χ1n) is 9.09. The first-order chi connectivity index (χ1) is 12.7. The van der Waals surface area contributed by atoms with Crippen LogP contribution in [0.25, 0.3) is 0 Å². The minimum atomic E-state index is -0.201.